The molecule has 1 fully saturated rings. The number of pyridine rings is 1. The summed E-state index contributed by atoms with van der Waals surface area (Å²) >= 11 is 0. The Balaban J connectivity index is 1.54. The number of likely N-dealkylation sites (tertiary alicyclic amines) is 1. The maximum Gasteiger partial charge on any atom is 0.270 e. The number of para-hydroxylation sites is 1. The molecule has 0 bridgehead atoms. The van der Waals surface area contributed by atoms with Crippen LogP contribution >= 0.6 is 0 Å². The topological polar surface area (TPSA) is 83.8 Å². The Labute approximate surface area is 157 Å². The van der Waals surface area contributed by atoms with Gasteiger partial charge in [0.2, 0.25) is 10.0 Å². The molecule has 7 nitrogen and oxygen atoms in total. The molecule has 1 atom stereocenters. The highest BCUT2D eigenvalue weighted by molar-refractivity contribution is 7.93. The van der Waals surface area contributed by atoms with Gasteiger partial charge in [0.1, 0.15) is 11.3 Å². The van der Waals surface area contributed by atoms with E-state index in [0.29, 0.717) is 36.4 Å². The third-order valence-electron chi connectivity index (χ3n) is 4.79. The van der Waals surface area contributed by atoms with E-state index in [-0.39, 0.29) is 12.5 Å². The first-order chi connectivity index (χ1) is 13.0. The summed E-state index contributed by atoms with van der Waals surface area (Å²) in [5.41, 5.74) is 1.70. The van der Waals surface area contributed by atoms with Crippen LogP contribution in [0.2, 0.25) is 0 Å². The summed E-state index contributed by atoms with van der Waals surface area (Å²) in [6.07, 6.45) is 4.55. The third-order valence-corrected chi connectivity index (χ3v) is 6.57. The molecule has 1 aliphatic heterocycles. The van der Waals surface area contributed by atoms with Crippen molar-refractivity contribution in [2.75, 3.05) is 17.8 Å². The number of imidazole rings is 1. The van der Waals surface area contributed by atoms with E-state index in [2.05, 4.69) is 9.71 Å². The summed E-state index contributed by atoms with van der Waals surface area (Å²) in [6, 6.07) is 14.1. The minimum atomic E-state index is -3.58. The quantitative estimate of drug-likeness (QED) is 0.749. The van der Waals surface area contributed by atoms with E-state index in [1.54, 1.807) is 58.1 Å². The Bertz CT molecular complexity index is 1060. The summed E-state index contributed by atoms with van der Waals surface area (Å²) in [6.45, 7) is 0.716. The van der Waals surface area contributed by atoms with Crippen molar-refractivity contribution >= 4 is 27.3 Å². The van der Waals surface area contributed by atoms with Crippen molar-refractivity contribution in [1.82, 2.24) is 14.3 Å². The van der Waals surface area contributed by atoms with Crippen molar-refractivity contribution in [2.45, 2.75) is 18.1 Å². The van der Waals surface area contributed by atoms with Crippen molar-refractivity contribution in [3.05, 3.63) is 66.6 Å². The maximum atomic E-state index is 13.0. The van der Waals surface area contributed by atoms with Crippen molar-refractivity contribution in [2.24, 2.45) is 0 Å². The lowest BCUT2D eigenvalue weighted by molar-refractivity contribution is 0.0719. The number of amides is 1. The van der Waals surface area contributed by atoms with E-state index in [9.17, 15) is 13.2 Å². The van der Waals surface area contributed by atoms with Crippen molar-refractivity contribution in [3.8, 4) is 0 Å². The Morgan fingerprint density at radius 2 is 1.93 bits per heavy atom. The van der Waals surface area contributed by atoms with Gasteiger partial charge in [-0.3, -0.25) is 13.9 Å². The Morgan fingerprint density at radius 3 is 2.74 bits per heavy atom. The molecular weight excluding hydrogens is 364 g/mol. The van der Waals surface area contributed by atoms with E-state index in [1.165, 1.54) is 0 Å². The lowest BCUT2D eigenvalue weighted by Gasteiger charge is -2.32. The number of benzene rings is 1. The van der Waals surface area contributed by atoms with Gasteiger partial charge in [0, 0.05) is 31.2 Å². The number of piperidine rings is 1. The normalized spacial score (nSPS) is 17.8. The van der Waals surface area contributed by atoms with Gasteiger partial charge in [-0.1, -0.05) is 24.3 Å². The van der Waals surface area contributed by atoms with E-state index in [0.717, 1.165) is 0 Å². The standard InChI is InChI=1S/C19H20N4O3S/c24-19(17-9-4-10-18-20-11-13-23(17)18)22-12-5-8-16(14-22)27(25,26)21-15-6-2-1-3-7-15/h1-4,6-7,9-11,13,16,21H,5,8,12,14H2. The van der Waals surface area contributed by atoms with Gasteiger partial charge in [-0.05, 0) is 37.1 Å². The molecule has 1 aromatic carbocycles. The summed E-state index contributed by atoms with van der Waals surface area (Å²) in [4.78, 5) is 18.8. The first kappa shape index (κ1) is 17.5. The Hall–Kier alpha value is -2.87. The SMILES string of the molecule is O=C(c1cccc2nccn12)N1CCCC(S(=O)(=O)Nc2ccccc2)C1. The first-order valence-electron chi connectivity index (χ1n) is 8.83. The zero-order valence-corrected chi connectivity index (χ0v) is 15.5. The zero-order chi connectivity index (χ0) is 18.9. The fourth-order valence-electron chi connectivity index (χ4n) is 3.41. The van der Waals surface area contributed by atoms with Crippen molar-refractivity contribution in [1.29, 1.82) is 0 Å². The molecule has 1 unspecified atom stereocenters. The van der Waals surface area contributed by atoms with Crippen LogP contribution in [-0.4, -0.2) is 46.9 Å². The fraction of sp³-hybridized carbons (Fsp3) is 0.263. The molecule has 1 amide bonds. The third kappa shape index (κ3) is 3.52. The molecule has 0 spiro atoms. The molecule has 0 radical (unpaired) electrons. The molecule has 3 aromatic rings. The van der Waals surface area contributed by atoms with Crippen LogP contribution in [0.4, 0.5) is 5.69 Å². The van der Waals surface area contributed by atoms with Gasteiger partial charge in [-0.25, -0.2) is 13.4 Å². The molecule has 27 heavy (non-hydrogen) atoms. The van der Waals surface area contributed by atoms with Crippen LogP contribution in [0, 0.1) is 0 Å². The van der Waals surface area contributed by atoms with Crippen LogP contribution in [0.15, 0.2) is 60.9 Å². The van der Waals surface area contributed by atoms with Crippen LogP contribution < -0.4 is 4.72 Å². The fourth-order valence-corrected chi connectivity index (χ4v) is 4.90. The van der Waals surface area contributed by atoms with Gasteiger partial charge >= 0.3 is 0 Å². The predicted molar refractivity (Wildman–Crippen MR) is 103 cm³/mol. The summed E-state index contributed by atoms with van der Waals surface area (Å²) in [5.74, 6) is -0.182. The maximum absolute atomic E-state index is 13.0. The van der Waals surface area contributed by atoms with E-state index in [1.807, 2.05) is 12.1 Å². The number of aromatic nitrogens is 2. The van der Waals surface area contributed by atoms with E-state index < -0.39 is 15.3 Å². The molecule has 1 N–H and O–H groups in total. The van der Waals surface area contributed by atoms with Crippen molar-refractivity contribution in [3.63, 3.8) is 0 Å². The predicted octanol–water partition coefficient (Wildman–Crippen LogP) is 2.38. The van der Waals surface area contributed by atoms with Crippen LogP contribution in [0.25, 0.3) is 5.65 Å². The highest BCUT2D eigenvalue weighted by Crippen LogP contribution is 2.21. The molecule has 2 aromatic heterocycles. The number of sulfonamides is 1. The minimum Gasteiger partial charge on any atom is -0.336 e. The van der Waals surface area contributed by atoms with Crippen LogP contribution in [0.5, 0.6) is 0 Å². The number of nitrogens with one attached hydrogen (secondary N) is 1. The number of hydrogen-bond acceptors (Lipinski definition) is 4. The summed E-state index contributed by atoms with van der Waals surface area (Å²) in [7, 11) is -3.58. The second-order valence-corrected chi connectivity index (χ2v) is 8.56. The molecule has 3 heterocycles. The molecule has 4 rings (SSSR count). The monoisotopic (exact) mass is 384 g/mol. The average Bonchev–Trinajstić information content (AvgIpc) is 3.17. The summed E-state index contributed by atoms with van der Waals surface area (Å²) in [5, 5.41) is -0.641. The van der Waals surface area contributed by atoms with Crippen LogP contribution in [-0.2, 0) is 10.0 Å². The Kier molecular flexibility index (Phi) is 4.57. The first-order valence-corrected chi connectivity index (χ1v) is 10.4. The number of anilines is 1. The second kappa shape index (κ2) is 7.03. The number of hydrogen-bond donors (Lipinski definition) is 1. The Morgan fingerprint density at radius 1 is 1.11 bits per heavy atom. The smallest absolute Gasteiger partial charge is 0.270 e. The number of nitrogens with zero attached hydrogens (tertiary/aromatic N) is 3. The lowest BCUT2D eigenvalue weighted by Crippen LogP contribution is -2.47. The molecular formula is C19H20N4O3S. The molecule has 1 aliphatic rings. The molecule has 0 saturated carbocycles. The van der Waals surface area contributed by atoms with Gasteiger partial charge < -0.3 is 4.90 Å². The number of carbonyl (C=O) groups is 1. The lowest BCUT2D eigenvalue weighted by atomic mass is 10.1. The second-order valence-electron chi connectivity index (χ2n) is 6.59. The molecule has 1 saturated heterocycles. The highest BCUT2D eigenvalue weighted by atomic mass is 32.2. The highest BCUT2D eigenvalue weighted by Gasteiger charge is 2.33. The average molecular weight is 384 g/mol. The minimum absolute atomic E-state index is 0.173. The van der Waals surface area contributed by atoms with Gasteiger partial charge in [-0.2, -0.15) is 0 Å². The van der Waals surface area contributed by atoms with Gasteiger partial charge in [0.05, 0.1) is 5.25 Å². The van der Waals surface area contributed by atoms with Crippen LogP contribution in [0.3, 0.4) is 0 Å². The van der Waals surface area contributed by atoms with E-state index >= 15 is 0 Å². The number of rotatable bonds is 4. The zero-order valence-electron chi connectivity index (χ0n) is 14.7. The van der Waals surface area contributed by atoms with Crippen molar-refractivity contribution < 1.29 is 13.2 Å². The van der Waals surface area contributed by atoms with E-state index in [4.69, 9.17) is 0 Å². The number of fused-ring (bicyclic) bond motifs is 1. The molecule has 8 heteroatoms. The van der Waals surface area contributed by atoms with Gasteiger partial charge in [-0.15, -0.1) is 0 Å². The molecule has 0 aliphatic carbocycles. The van der Waals surface area contributed by atoms with Crippen LogP contribution in [0.1, 0.15) is 23.3 Å². The van der Waals surface area contributed by atoms with Gasteiger partial charge in [0.25, 0.3) is 5.91 Å². The largest absolute Gasteiger partial charge is 0.336 e. The summed E-state index contributed by atoms with van der Waals surface area (Å²) < 4.78 is 29.9. The van der Waals surface area contributed by atoms with Gasteiger partial charge in [0.15, 0.2) is 0 Å². The molecule has 140 valence electrons. The number of carbonyl (C=O) groups excluding carboxylic acids is 1.